The molecular formula is C18H20Cl2N2O3S. The van der Waals surface area contributed by atoms with Gasteiger partial charge in [-0.05, 0) is 37.6 Å². The van der Waals surface area contributed by atoms with Crippen LogP contribution in [-0.4, -0.2) is 26.9 Å². The highest BCUT2D eigenvalue weighted by atomic mass is 35.5. The third-order valence-electron chi connectivity index (χ3n) is 3.84. The Bertz CT molecular complexity index is 873. The summed E-state index contributed by atoms with van der Waals surface area (Å²) in [6.07, 6.45) is 0.731. The fraction of sp³-hybridized carbons (Fsp3) is 0.278. The van der Waals surface area contributed by atoms with Crippen molar-refractivity contribution >= 4 is 44.8 Å². The highest BCUT2D eigenvalue weighted by Crippen LogP contribution is 2.35. The van der Waals surface area contributed by atoms with Crippen molar-refractivity contribution in [3.8, 4) is 0 Å². The molecule has 1 atom stereocenters. The predicted octanol–water partition coefficient (Wildman–Crippen LogP) is 4.10. The van der Waals surface area contributed by atoms with Crippen LogP contribution in [0.15, 0.2) is 53.4 Å². The van der Waals surface area contributed by atoms with E-state index in [9.17, 15) is 13.2 Å². The number of sulfonamides is 1. The zero-order valence-electron chi connectivity index (χ0n) is 14.4. The quantitative estimate of drug-likeness (QED) is 0.741. The Hall–Kier alpha value is -1.76. The molecule has 0 heterocycles. The average molecular weight is 415 g/mol. The van der Waals surface area contributed by atoms with Crippen LogP contribution in [0.5, 0.6) is 0 Å². The molecule has 2 aromatic carbocycles. The van der Waals surface area contributed by atoms with Crippen molar-refractivity contribution in [2.24, 2.45) is 0 Å². The maximum Gasteiger partial charge on any atom is 0.264 e. The Morgan fingerprint density at radius 3 is 2.38 bits per heavy atom. The molecule has 2 rings (SSSR count). The number of halogens is 2. The fourth-order valence-electron chi connectivity index (χ4n) is 2.26. The SMILES string of the molecule is CC[C@@H](C)NC(=O)CN(c1cccc(Cl)c1Cl)S(=O)(=O)c1ccccc1. The molecule has 26 heavy (non-hydrogen) atoms. The highest BCUT2D eigenvalue weighted by molar-refractivity contribution is 7.92. The second-order valence-electron chi connectivity index (χ2n) is 5.77. The Balaban J connectivity index is 2.49. The minimum Gasteiger partial charge on any atom is -0.352 e. The first-order valence-corrected chi connectivity index (χ1v) is 10.3. The van der Waals surface area contributed by atoms with Crippen LogP contribution in [0.4, 0.5) is 5.69 Å². The molecule has 0 spiro atoms. The van der Waals surface area contributed by atoms with Gasteiger partial charge in [0.1, 0.15) is 6.54 Å². The molecule has 0 aromatic heterocycles. The van der Waals surface area contributed by atoms with Crippen LogP contribution in [0.25, 0.3) is 0 Å². The van der Waals surface area contributed by atoms with Gasteiger partial charge in [-0.3, -0.25) is 9.10 Å². The number of rotatable bonds is 7. The second kappa shape index (κ2) is 8.75. The largest absolute Gasteiger partial charge is 0.352 e. The number of hydrogen-bond acceptors (Lipinski definition) is 3. The normalized spacial score (nSPS) is 12.5. The number of amides is 1. The van der Waals surface area contributed by atoms with E-state index in [1.165, 1.54) is 18.2 Å². The lowest BCUT2D eigenvalue weighted by molar-refractivity contribution is -0.120. The standard InChI is InChI=1S/C18H20Cl2N2O3S/c1-3-13(2)21-17(23)12-22(16-11-7-10-15(19)18(16)20)26(24,25)14-8-5-4-6-9-14/h4-11,13H,3,12H2,1-2H3,(H,21,23)/t13-/m1/s1. The van der Waals surface area contributed by atoms with Crippen molar-refractivity contribution in [1.82, 2.24) is 5.32 Å². The maximum absolute atomic E-state index is 13.1. The van der Waals surface area contributed by atoms with Crippen LogP contribution in [0.2, 0.25) is 10.0 Å². The van der Waals surface area contributed by atoms with Crippen LogP contribution < -0.4 is 9.62 Å². The number of benzene rings is 2. The van der Waals surface area contributed by atoms with Gasteiger partial charge in [-0.25, -0.2) is 8.42 Å². The second-order valence-corrected chi connectivity index (χ2v) is 8.42. The van der Waals surface area contributed by atoms with E-state index in [2.05, 4.69) is 5.32 Å². The van der Waals surface area contributed by atoms with Crippen LogP contribution in [0, 0.1) is 0 Å². The first-order chi connectivity index (χ1) is 12.3. The number of hydrogen-bond donors (Lipinski definition) is 1. The molecular weight excluding hydrogens is 395 g/mol. The summed E-state index contributed by atoms with van der Waals surface area (Å²) < 4.78 is 27.2. The summed E-state index contributed by atoms with van der Waals surface area (Å²) in [7, 11) is -4.00. The van der Waals surface area contributed by atoms with Crippen LogP contribution in [0.3, 0.4) is 0 Å². The van der Waals surface area contributed by atoms with Crippen molar-refractivity contribution in [2.45, 2.75) is 31.2 Å². The van der Waals surface area contributed by atoms with Crippen molar-refractivity contribution in [2.75, 3.05) is 10.8 Å². The van der Waals surface area contributed by atoms with Gasteiger partial charge in [0.2, 0.25) is 5.91 Å². The molecule has 2 aromatic rings. The van der Waals surface area contributed by atoms with Crippen LogP contribution >= 0.6 is 23.2 Å². The predicted molar refractivity (Wildman–Crippen MR) is 105 cm³/mol. The zero-order valence-corrected chi connectivity index (χ0v) is 16.8. The third-order valence-corrected chi connectivity index (χ3v) is 6.42. The summed E-state index contributed by atoms with van der Waals surface area (Å²) in [4.78, 5) is 12.4. The molecule has 0 aliphatic carbocycles. The topological polar surface area (TPSA) is 66.5 Å². The first kappa shape index (κ1) is 20.6. The monoisotopic (exact) mass is 414 g/mol. The lowest BCUT2D eigenvalue weighted by Gasteiger charge is -2.26. The Morgan fingerprint density at radius 2 is 1.77 bits per heavy atom. The molecule has 0 aliphatic rings. The summed E-state index contributed by atoms with van der Waals surface area (Å²) >= 11 is 12.3. The van der Waals surface area contributed by atoms with E-state index < -0.39 is 22.5 Å². The third kappa shape index (κ3) is 4.69. The lowest BCUT2D eigenvalue weighted by atomic mass is 10.2. The summed E-state index contributed by atoms with van der Waals surface area (Å²) in [5.74, 6) is -0.421. The molecule has 1 amide bonds. The maximum atomic E-state index is 13.1. The number of carbonyl (C=O) groups is 1. The molecule has 0 unspecified atom stereocenters. The molecule has 0 bridgehead atoms. The molecule has 5 nitrogen and oxygen atoms in total. The number of anilines is 1. The van der Waals surface area contributed by atoms with Gasteiger partial charge in [0.05, 0.1) is 20.6 Å². The number of carbonyl (C=O) groups excluding carboxylic acids is 1. The molecule has 0 saturated carbocycles. The average Bonchev–Trinajstić information content (AvgIpc) is 2.63. The summed E-state index contributed by atoms with van der Waals surface area (Å²) in [6.45, 7) is 3.37. The summed E-state index contributed by atoms with van der Waals surface area (Å²) in [6, 6.07) is 12.5. The molecule has 1 N–H and O–H groups in total. The molecule has 8 heteroatoms. The molecule has 0 fully saturated rings. The van der Waals surface area contributed by atoms with Crippen molar-refractivity contribution in [3.63, 3.8) is 0 Å². The van der Waals surface area contributed by atoms with Crippen LogP contribution in [0.1, 0.15) is 20.3 Å². The molecule has 140 valence electrons. The highest BCUT2D eigenvalue weighted by Gasteiger charge is 2.29. The Kier molecular flexibility index (Phi) is 6.92. The van der Waals surface area contributed by atoms with Crippen LogP contribution in [-0.2, 0) is 14.8 Å². The minimum absolute atomic E-state index is 0.0624. The first-order valence-electron chi connectivity index (χ1n) is 8.08. The van der Waals surface area contributed by atoms with Gasteiger partial charge >= 0.3 is 0 Å². The molecule has 0 radical (unpaired) electrons. The fourth-order valence-corrected chi connectivity index (χ4v) is 4.16. The van der Waals surface area contributed by atoms with Gasteiger partial charge in [-0.2, -0.15) is 0 Å². The van der Waals surface area contributed by atoms with Gasteiger partial charge < -0.3 is 5.32 Å². The number of nitrogens with zero attached hydrogens (tertiary/aromatic N) is 1. The van der Waals surface area contributed by atoms with Crippen molar-refractivity contribution < 1.29 is 13.2 Å². The minimum atomic E-state index is -4.00. The van der Waals surface area contributed by atoms with Crippen molar-refractivity contribution in [3.05, 3.63) is 58.6 Å². The lowest BCUT2D eigenvalue weighted by Crippen LogP contribution is -2.43. The van der Waals surface area contributed by atoms with E-state index in [-0.39, 0.29) is 26.7 Å². The van der Waals surface area contributed by atoms with Gasteiger partial charge in [0.25, 0.3) is 10.0 Å². The molecule has 0 aliphatic heterocycles. The van der Waals surface area contributed by atoms with Crippen molar-refractivity contribution in [1.29, 1.82) is 0 Å². The van der Waals surface area contributed by atoms with Gasteiger partial charge in [0, 0.05) is 6.04 Å². The van der Waals surface area contributed by atoms with E-state index >= 15 is 0 Å². The Labute approximate surface area is 164 Å². The van der Waals surface area contributed by atoms with E-state index in [4.69, 9.17) is 23.2 Å². The number of nitrogens with one attached hydrogen (secondary N) is 1. The smallest absolute Gasteiger partial charge is 0.264 e. The van der Waals surface area contributed by atoms with Gasteiger partial charge in [-0.1, -0.05) is 54.4 Å². The van der Waals surface area contributed by atoms with Gasteiger partial charge in [-0.15, -0.1) is 0 Å². The van der Waals surface area contributed by atoms with Gasteiger partial charge in [0.15, 0.2) is 0 Å². The van der Waals surface area contributed by atoms with E-state index in [1.54, 1.807) is 30.3 Å². The Morgan fingerprint density at radius 1 is 1.12 bits per heavy atom. The van der Waals surface area contributed by atoms with E-state index in [0.29, 0.717) is 0 Å². The van der Waals surface area contributed by atoms with E-state index in [1.807, 2.05) is 13.8 Å². The van der Waals surface area contributed by atoms with E-state index in [0.717, 1.165) is 10.7 Å². The summed E-state index contributed by atoms with van der Waals surface area (Å²) in [5, 5.41) is 3.05. The zero-order chi connectivity index (χ0) is 19.3. The summed E-state index contributed by atoms with van der Waals surface area (Å²) in [5.41, 5.74) is 0.155. The molecule has 0 saturated heterocycles.